The lowest BCUT2D eigenvalue weighted by molar-refractivity contribution is -0.136. The summed E-state index contributed by atoms with van der Waals surface area (Å²) in [5, 5.41) is 3.70. The maximum absolute atomic E-state index is 13.8. The molecule has 0 saturated heterocycles. The number of ether oxygens (including phenoxy) is 2. The van der Waals surface area contributed by atoms with E-state index in [0.29, 0.717) is 38.3 Å². The molecule has 2 atom stereocenters. The van der Waals surface area contributed by atoms with Gasteiger partial charge in [-0.2, -0.15) is 0 Å². The molecule has 5 nitrogen and oxygen atoms in total. The van der Waals surface area contributed by atoms with Gasteiger partial charge in [-0.25, -0.2) is 9.00 Å². The predicted octanol–water partition coefficient (Wildman–Crippen LogP) is 5.69. The van der Waals surface area contributed by atoms with Gasteiger partial charge >= 0.3 is 5.97 Å². The van der Waals surface area contributed by atoms with E-state index in [0.717, 1.165) is 24.3 Å². The van der Waals surface area contributed by atoms with Crippen LogP contribution in [0, 0.1) is 0 Å². The van der Waals surface area contributed by atoms with Gasteiger partial charge in [-0.1, -0.05) is 43.1 Å². The van der Waals surface area contributed by atoms with E-state index in [1.54, 1.807) is 18.2 Å². The van der Waals surface area contributed by atoms with Crippen molar-refractivity contribution >= 4 is 28.4 Å². The van der Waals surface area contributed by atoms with E-state index < -0.39 is 22.7 Å². The summed E-state index contributed by atoms with van der Waals surface area (Å²) in [4.78, 5) is 13.9. The molecule has 1 N–H and O–H groups in total. The number of rotatable bonds is 8. The van der Waals surface area contributed by atoms with Gasteiger partial charge < -0.3 is 14.8 Å². The van der Waals surface area contributed by atoms with Crippen molar-refractivity contribution in [1.82, 2.24) is 5.32 Å². The molecule has 0 aromatic heterocycles. The van der Waals surface area contributed by atoms with Crippen molar-refractivity contribution in [2.45, 2.75) is 44.4 Å². The highest BCUT2D eigenvalue weighted by Gasteiger charge is 2.37. The van der Waals surface area contributed by atoms with Crippen LogP contribution in [0.15, 0.2) is 75.3 Å². The number of hydrogen-bond acceptors (Lipinski definition) is 5. The molecule has 1 heterocycles. The summed E-state index contributed by atoms with van der Waals surface area (Å²) in [5.41, 5.74) is 2.48. The summed E-state index contributed by atoms with van der Waals surface area (Å²) in [6.45, 7) is 6.42. The Morgan fingerprint density at radius 3 is 2.41 bits per heavy atom. The van der Waals surface area contributed by atoms with Crippen LogP contribution in [0.4, 0.5) is 0 Å². The van der Waals surface area contributed by atoms with E-state index in [9.17, 15) is 9.00 Å². The number of carbonyl (C=O) groups is 1. The largest absolute Gasteiger partial charge is 0.494 e. The molecule has 0 radical (unpaired) electrons. The Hall–Kier alpha value is -2.57. The zero-order valence-electron chi connectivity index (χ0n) is 18.7. The zero-order chi connectivity index (χ0) is 23.3. The monoisotopic (exact) mass is 473 g/mol. The first-order valence-electron chi connectivity index (χ1n) is 10.5. The molecule has 0 fully saturated rings. The molecular formula is C25H28ClNO4S. The fourth-order valence-corrected chi connectivity index (χ4v) is 5.40. The minimum absolute atomic E-state index is 0.397. The summed E-state index contributed by atoms with van der Waals surface area (Å²) in [5.74, 6) is -0.347. The first-order chi connectivity index (χ1) is 15.4. The molecule has 3 rings (SSSR count). The Bertz CT molecular complexity index is 1080. The third-order valence-electron chi connectivity index (χ3n) is 5.33. The number of hydrogen-bond donors (Lipinski definition) is 1. The quantitative estimate of drug-likeness (QED) is 0.394. The van der Waals surface area contributed by atoms with Gasteiger partial charge in [0.15, 0.2) is 0 Å². The number of unbranched alkanes of at least 4 members (excludes halogenated alkanes) is 1. The van der Waals surface area contributed by atoms with Gasteiger partial charge in [-0.15, -0.1) is 0 Å². The Labute approximate surface area is 196 Å². The summed E-state index contributed by atoms with van der Waals surface area (Å²) in [6.07, 6.45) is 2.04. The molecule has 2 aromatic rings. The van der Waals surface area contributed by atoms with E-state index in [1.807, 2.05) is 44.2 Å². The van der Waals surface area contributed by atoms with Gasteiger partial charge in [0.05, 0.1) is 40.9 Å². The molecule has 170 valence electrons. The van der Waals surface area contributed by atoms with E-state index in [1.165, 1.54) is 7.11 Å². The molecular weight excluding hydrogens is 446 g/mol. The van der Waals surface area contributed by atoms with Gasteiger partial charge in [0.1, 0.15) is 5.75 Å². The van der Waals surface area contributed by atoms with Gasteiger partial charge in [0, 0.05) is 21.3 Å². The number of dihydropyridines is 1. The van der Waals surface area contributed by atoms with E-state index in [-0.39, 0.29) is 0 Å². The molecule has 2 unspecified atom stereocenters. The van der Waals surface area contributed by atoms with Gasteiger partial charge in [0.2, 0.25) is 0 Å². The zero-order valence-corrected chi connectivity index (χ0v) is 20.3. The lowest BCUT2D eigenvalue weighted by Gasteiger charge is -2.31. The van der Waals surface area contributed by atoms with Gasteiger partial charge in [0.25, 0.3) is 0 Å². The topological polar surface area (TPSA) is 64.6 Å². The van der Waals surface area contributed by atoms with Gasteiger partial charge in [-0.05, 0) is 56.2 Å². The minimum atomic E-state index is -1.55. The maximum atomic E-state index is 13.8. The van der Waals surface area contributed by atoms with Crippen LogP contribution >= 0.6 is 11.6 Å². The number of esters is 1. The number of halogens is 1. The molecule has 1 aliphatic rings. The van der Waals surface area contributed by atoms with E-state index >= 15 is 0 Å². The Morgan fingerprint density at radius 1 is 1.09 bits per heavy atom. The molecule has 0 bridgehead atoms. The second-order valence-electron chi connectivity index (χ2n) is 7.54. The summed E-state index contributed by atoms with van der Waals surface area (Å²) < 4.78 is 24.6. The summed E-state index contributed by atoms with van der Waals surface area (Å²) >= 11 is 6.53. The third-order valence-corrected chi connectivity index (χ3v) is 7.31. The lowest BCUT2D eigenvalue weighted by Crippen LogP contribution is -2.30. The molecule has 0 amide bonds. The lowest BCUT2D eigenvalue weighted by atomic mass is 9.86. The summed E-state index contributed by atoms with van der Waals surface area (Å²) in [7, 11) is -0.209. The van der Waals surface area contributed by atoms with Crippen molar-refractivity contribution in [2.24, 2.45) is 0 Å². The van der Waals surface area contributed by atoms with E-state index in [4.69, 9.17) is 21.1 Å². The number of carbonyl (C=O) groups excluding carboxylic acids is 1. The minimum Gasteiger partial charge on any atom is -0.494 e. The van der Waals surface area contributed by atoms with Gasteiger partial charge in [-0.3, -0.25) is 0 Å². The fourth-order valence-electron chi connectivity index (χ4n) is 3.73. The molecule has 32 heavy (non-hydrogen) atoms. The Morgan fingerprint density at radius 2 is 1.78 bits per heavy atom. The van der Waals surface area contributed by atoms with Crippen molar-refractivity contribution in [1.29, 1.82) is 0 Å². The standard InChI is InChI=1S/C25H28ClNO4S/c1-5-6-15-31-18-11-13-19(14-12-18)32(29)24-17(3)27-16(2)22(25(28)30-4)23(24)20-9-7-8-10-21(20)26/h7-14,23,27H,5-6,15H2,1-4H3. The van der Waals surface area contributed by atoms with Crippen LogP contribution in [0.1, 0.15) is 45.1 Å². The second-order valence-corrected chi connectivity index (χ2v) is 9.40. The molecule has 0 spiro atoms. The predicted molar refractivity (Wildman–Crippen MR) is 128 cm³/mol. The van der Waals surface area contributed by atoms with Crippen LogP contribution in [0.5, 0.6) is 5.75 Å². The number of methoxy groups -OCH3 is 1. The summed E-state index contributed by atoms with van der Waals surface area (Å²) in [6, 6.07) is 14.5. The highest BCUT2D eigenvalue weighted by Crippen LogP contribution is 2.43. The van der Waals surface area contributed by atoms with Crippen LogP contribution in [0.25, 0.3) is 0 Å². The highest BCUT2D eigenvalue weighted by molar-refractivity contribution is 7.89. The van der Waals surface area contributed by atoms with Crippen LogP contribution in [0.3, 0.4) is 0 Å². The Balaban J connectivity index is 2.04. The van der Waals surface area contributed by atoms with Crippen LogP contribution in [-0.4, -0.2) is 23.9 Å². The number of benzene rings is 2. The Kier molecular flexibility index (Phi) is 8.15. The fraction of sp³-hybridized carbons (Fsp3) is 0.320. The van der Waals surface area contributed by atoms with Crippen molar-refractivity contribution in [3.63, 3.8) is 0 Å². The smallest absolute Gasteiger partial charge is 0.336 e. The van der Waals surface area contributed by atoms with Crippen molar-refractivity contribution in [3.8, 4) is 5.75 Å². The second kappa shape index (κ2) is 10.8. The molecule has 0 aliphatic carbocycles. The maximum Gasteiger partial charge on any atom is 0.336 e. The molecule has 1 aliphatic heterocycles. The van der Waals surface area contributed by atoms with Crippen molar-refractivity contribution < 1.29 is 18.5 Å². The van der Waals surface area contributed by atoms with Crippen molar-refractivity contribution in [3.05, 3.63) is 81.0 Å². The van der Waals surface area contributed by atoms with E-state index in [2.05, 4.69) is 12.2 Å². The van der Waals surface area contributed by atoms with Crippen LogP contribution < -0.4 is 10.1 Å². The average molecular weight is 474 g/mol. The molecule has 7 heteroatoms. The number of allylic oxidation sites excluding steroid dienone is 3. The van der Waals surface area contributed by atoms with Crippen molar-refractivity contribution in [2.75, 3.05) is 13.7 Å². The average Bonchev–Trinajstić information content (AvgIpc) is 2.79. The van der Waals surface area contributed by atoms with Crippen LogP contribution in [0.2, 0.25) is 5.02 Å². The normalized spacial score (nSPS) is 17.1. The number of nitrogens with one attached hydrogen (secondary N) is 1. The first kappa shape index (κ1) is 24.1. The SMILES string of the molecule is CCCCOc1ccc(S(=O)C2=C(C)NC(C)=C(C(=O)OC)C2c2ccccc2Cl)cc1. The van der Waals surface area contributed by atoms with Crippen LogP contribution in [-0.2, 0) is 20.3 Å². The molecule has 0 saturated carbocycles. The highest BCUT2D eigenvalue weighted by atomic mass is 35.5. The molecule has 2 aromatic carbocycles. The first-order valence-corrected chi connectivity index (χ1v) is 12.1. The third kappa shape index (κ3) is 5.08.